The summed E-state index contributed by atoms with van der Waals surface area (Å²) in [7, 11) is 0. The van der Waals surface area contributed by atoms with Crippen molar-refractivity contribution in [2.75, 3.05) is 0 Å². The summed E-state index contributed by atoms with van der Waals surface area (Å²) >= 11 is 0. The van der Waals surface area contributed by atoms with Gasteiger partial charge in [0.15, 0.2) is 0 Å². The van der Waals surface area contributed by atoms with E-state index < -0.39 is 22.4 Å². The molecular formula is C8H5F3NO2. The van der Waals surface area contributed by atoms with Gasteiger partial charge in [0.1, 0.15) is 0 Å². The highest BCUT2D eigenvalue weighted by atomic mass is 19.4. The lowest BCUT2D eigenvalue weighted by Crippen LogP contribution is -2.05. The number of halogens is 3. The number of alkyl halides is 3. The van der Waals surface area contributed by atoms with Crippen LogP contribution in [0.3, 0.4) is 0 Å². The highest BCUT2D eigenvalue weighted by Crippen LogP contribution is 2.32. The van der Waals surface area contributed by atoms with Crippen molar-refractivity contribution >= 4 is 5.69 Å². The zero-order chi connectivity index (χ0) is 10.9. The quantitative estimate of drug-likeness (QED) is 0.521. The number of benzene rings is 1. The molecule has 1 rings (SSSR count). The zero-order valence-electron chi connectivity index (χ0n) is 6.84. The molecule has 1 aromatic carbocycles. The van der Waals surface area contributed by atoms with E-state index in [0.29, 0.717) is 6.07 Å². The van der Waals surface area contributed by atoms with Crippen LogP contribution in [0.5, 0.6) is 0 Å². The first-order valence-electron chi connectivity index (χ1n) is 3.50. The van der Waals surface area contributed by atoms with Crippen LogP contribution in [0.4, 0.5) is 18.9 Å². The Kier molecular flexibility index (Phi) is 2.46. The second kappa shape index (κ2) is 3.28. The molecule has 1 aromatic rings. The third-order valence-corrected chi connectivity index (χ3v) is 1.61. The maximum Gasteiger partial charge on any atom is 0.416 e. The Balaban J connectivity index is 3.27. The molecule has 0 saturated carbocycles. The largest absolute Gasteiger partial charge is 0.416 e. The highest BCUT2D eigenvalue weighted by Gasteiger charge is 2.32. The van der Waals surface area contributed by atoms with Gasteiger partial charge in [0.25, 0.3) is 5.69 Å². The van der Waals surface area contributed by atoms with Crippen molar-refractivity contribution in [2.45, 2.75) is 6.18 Å². The molecule has 0 bridgehead atoms. The standard InChI is InChI=1S/C8H5F3NO2/c1-5-2-3-6(8(9,10)11)4-7(5)12(13)14/h2-4H,1H2. The Morgan fingerprint density at radius 3 is 2.36 bits per heavy atom. The molecule has 0 saturated heterocycles. The van der Waals surface area contributed by atoms with E-state index in [1.807, 2.05) is 0 Å². The minimum absolute atomic E-state index is 0.0389. The van der Waals surface area contributed by atoms with Gasteiger partial charge in [-0.1, -0.05) is 6.07 Å². The topological polar surface area (TPSA) is 43.1 Å². The number of rotatable bonds is 1. The molecule has 0 spiro atoms. The van der Waals surface area contributed by atoms with Gasteiger partial charge in [-0.2, -0.15) is 13.2 Å². The molecule has 14 heavy (non-hydrogen) atoms. The lowest BCUT2D eigenvalue weighted by atomic mass is 10.1. The second-order valence-electron chi connectivity index (χ2n) is 2.60. The van der Waals surface area contributed by atoms with E-state index in [0.717, 1.165) is 12.1 Å². The van der Waals surface area contributed by atoms with Crippen molar-refractivity contribution < 1.29 is 18.1 Å². The van der Waals surface area contributed by atoms with Crippen LogP contribution in [0, 0.1) is 17.0 Å². The zero-order valence-corrected chi connectivity index (χ0v) is 6.84. The highest BCUT2D eigenvalue weighted by molar-refractivity contribution is 5.45. The van der Waals surface area contributed by atoms with Crippen LogP contribution in [0.1, 0.15) is 11.1 Å². The SMILES string of the molecule is [CH2]c1ccc(C(F)(F)F)cc1[N+](=O)[O-]. The van der Waals surface area contributed by atoms with Gasteiger partial charge in [-0.25, -0.2) is 0 Å². The molecular weight excluding hydrogens is 199 g/mol. The third-order valence-electron chi connectivity index (χ3n) is 1.61. The van der Waals surface area contributed by atoms with Crippen molar-refractivity contribution in [3.05, 3.63) is 46.4 Å². The monoisotopic (exact) mass is 204 g/mol. The minimum Gasteiger partial charge on any atom is -0.258 e. The van der Waals surface area contributed by atoms with Crippen molar-refractivity contribution in [1.29, 1.82) is 0 Å². The van der Waals surface area contributed by atoms with Crippen LogP contribution in [-0.2, 0) is 6.18 Å². The van der Waals surface area contributed by atoms with Gasteiger partial charge in [-0.05, 0) is 13.0 Å². The van der Waals surface area contributed by atoms with Crippen LogP contribution in [0.2, 0.25) is 0 Å². The smallest absolute Gasteiger partial charge is 0.258 e. The van der Waals surface area contributed by atoms with E-state index in [1.54, 1.807) is 0 Å². The number of hydrogen-bond donors (Lipinski definition) is 0. The van der Waals surface area contributed by atoms with Crippen LogP contribution >= 0.6 is 0 Å². The second-order valence-corrected chi connectivity index (χ2v) is 2.60. The first kappa shape index (κ1) is 10.5. The first-order valence-corrected chi connectivity index (χ1v) is 3.50. The number of nitro groups is 1. The summed E-state index contributed by atoms with van der Waals surface area (Å²) in [6.45, 7) is 3.26. The molecule has 0 fully saturated rings. The van der Waals surface area contributed by atoms with Gasteiger partial charge in [0.05, 0.1) is 10.5 Å². The molecule has 0 amide bonds. The Labute approximate surface area is 77.3 Å². The molecule has 0 aliphatic carbocycles. The maximum absolute atomic E-state index is 12.1. The van der Waals surface area contributed by atoms with E-state index in [4.69, 9.17) is 0 Å². The summed E-state index contributed by atoms with van der Waals surface area (Å²) in [4.78, 5) is 9.41. The van der Waals surface area contributed by atoms with Crippen LogP contribution in [-0.4, -0.2) is 4.92 Å². The molecule has 0 atom stereocenters. The molecule has 3 nitrogen and oxygen atoms in total. The third kappa shape index (κ3) is 2.01. The number of hydrogen-bond acceptors (Lipinski definition) is 2. The molecule has 6 heteroatoms. The van der Waals surface area contributed by atoms with Crippen LogP contribution in [0.15, 0.2) is 18.2 Å². The Hall–Kier alpha value is -1.59. The summed E-state index contributed by atoms with van der Waals surface area (Å²) in [5, 5.41) is 10.3. The van der Waals surface area contributed by atoms with Gasteiger partial charge >= 0.3 is 6.18 Å². The fourth-order valence-electron chi connectivity index (χ4n) is 0.910. The van der Waals surface area contributed by atoms with Crippen LogP contribution < -0.4 is 0 Å². The fraction of sp³-hybridized carbons (Fsp3) is 0.125. The van der Waals surface area contributed by atoms with E-state index >= 15 is 0 Å². The van der Waals surface area contributed by atoms with Gasteiger partial charge in [-0.3, -0.25) is 10.1 Å². The predicted octanol–water partition coefficient (Wildman–Crippen LogP) is 2.80. The Morgan fingerprint density at radius 1 is 1.36 bits per heavy atom. The average molecular weight is 204 g/mol. The van der Waals surface area contributed by atoms with Crippen molar-refractivity contribution in [2.24, 2.45) is 0 Å². The molecule has 0 aliphatic rings. The molecule has 75 valence electrons. The lowest BCUT2D eigenvalue weighted by molar-refractivity contribution is -0.385. The molecule has 0 heterocycles. The Morgan fingerprint density at radius 2 is 1.93 bits per heavy atom. The lowest BCUT2D eigenvalue weighted by Gasteiger charge is -2.06. The Bertz CT molecular complexity index is 373. The summed E-state index contributed by atoms with van der Waals surface area (Å²) in [5.74, 6) is 0. The van der Waals surface area contributed by atoms with Crippen molar-refractivity contribution in [1.82, 2.24) is 0 Å². The van der Waals surface area contributed by atoms with Gasteiger partial charge in [0, 0.05) is 11.6 Å². The van der Waals surface area contributed by atoms with E-state index in [9.17, 15) is 23.3 Å². The molecule has 0 N–H and O–H groups in total. The van der Waals surface area contributed by atoms with E-state index in [1.165, 1.54) is 0 Å². The number of nitrogens with zero attached hydrogens (tertiary/aromatic N) is 1. The van der Waals surface area contributed by atoms with E-state index in [2.05, 4.69) is 6.92 Å². The van der Waals surface area contributed by atoms with Gasteiger partial charge in [0.2, 0.25) is 0 Å². The van der Waals surface area contributed by atoms with Crippen molar-refractivity contribution in [3.63, 3.8) is 0 Å². The summed E-state index contributed by atoms with van der Waals surface area (Å²) in [6, 6.07) is 2.21. The van der Waals surface area contributed by atoms with Gasteiger partial charge in [-0.15, -0.1) is 0 Å². The van der Waals surface area contributed by atoms with Crippen LogP contribution in [0.25, 0.3) is 0 Å². The fourth-order valence-corrected chi connectivity index (χ4v) is 0.910. The first-order chi connectivity index (χ1) is 6.32. The summed E-state index contributed by atoms with van der Waals surface area (Å²) < 4.78 is 36.4. The van der Waals surface area contributed by atoms with E-state index in [-0.39, 0.29) is 5.56 Å². The maximum atomic E-state index is 12.1. The molecule has 0 unspecified atom stereocenters. The summed E-state index contributed by atoms with van der Waals surface area (Å²) in [6.07, 6.45) is -4.57. The molecule has 0 aliphatic heterocycles. The number of nitro benzene ring substituents is 1. The summed E-state index contributed by atoms with van der Waals surface area (Å²) in [5.41, 5.74) is -1.71. The van der Waals surface area contributed by atoms with Gasteiger partial charge < -0.3 is 0 Å². The van der Waals surface area contributed by atoms with Crippen molar-refractivity contribution in [3.8, 4) is 0 Å². The molecule has 1 radical (unpaired) electrons. The predicted molar refractivity (Wildman–Crippen MR) is 42.6 cm³/mol. The average Bonchev–Trinajstić information content (AvgIpc) is 2.02. The minimum atomic E-state index is -4.57. The normalized spacial score (nSPS) is 11.4. The molecule has 0 aromatic heterocycles.